The molecule has 88 valence electrons. The zero-order chi connectivity index (χ0) is 11.8. The van der Waals surface area contributed by atoms with E-state index in [9.17, 15) is 4.39 Å². The first-order valence-corrected chi connectivity index (χ1v) is 5.66. The highest BCUT2D eigenvalue weighted by atomic mass is 19.1. The molecule has 0 fully saturated rings. The van der Waals surface area contributed by atoms with Gasteiger partial charge in [0, 0.05) is 30.6 Å². The molecule has 3 nitrogen and oxygen atoms in total. The van der Waals surface area contributed by atoms with E-state index in [1.807, 2.05) is 6.07 Å². The van der Waals surface area contributed by atoms with Gasteiger partial charge in [-0.2, -0.15) is 0 Å². The Balaban J connectivity index is 2.07. The van der Waals surface area contributed by atoms with E-state index in [0.717, 1.165) is 36.3 Å². The van der Waals surface area contributed by atoms with Crippen LogP contribution in [0.15, 0.2) is 28.8 Å². The van der Waals surface area contributed by atoms with Crippen LogP contribution in [-0.2, 0) is 13.0 Å². The van der Waals surface area contributed by atoms with E-state index in [1.165, 1.54) is 12.1 Å². The summed E-state index contributed by atoms with van der Waals surface area (Å²) in [4.78, 5) is 2.21. The van der Waals surface area contributed by atoms with Gasteiger partial charge in [0.1, 0.15) is 5.82 Å². The normalized spacial score (nSPS) is 15.9. The average molecular weight is 232 g/mol. The lowest BCUT2D eigenvalue weighted by Gasteiger charge is -2.21. The van der Waals surface area contributed by atoms with E-state index in [2.05, 4.69) is 17.1 Å². The van der Waals surface area contributed by atoms with Crippen molar-refractivity contribution >= 4 is 0 Å². The van der Waals surface area contributed by atoms with Crippen LogP contribution in [0.3, 0.4) is 0 Å². The summed E-state index contributed by atoms with van der Waals surface area (Å²) in [6.07, 6.45) is 0.894. The zero-order valence-corrected chi connectivity index (χ0v) is 9.61. The van der Waals surface area contributed by atoms with Crippen molar-refractivity contribution < 1.29 is 8.91 Å². The van der Waals surface area contributed by atoms with E-state index >= 15 is 0 Å². The molecule has 3 rings (SSSR count). The number of aromatic nitrogens is 1. The molecule has 1 aliphatic rings. The standard InChI is InChI=1S/C13H13FN2O/c1-16-6-5-12-11(8-16)13(17-15-12)9-3-2-4-10(14)7-9/h2-4,7H,5-6,8H2,1H3. The lowest BCUT2D eigenvalue weighted by Crippen LogP contribution is -2.26. The minimum atomic E-state index is -0.253. The lowest BCUT2D eigenvalue weighted by atomic mass is 10.0. The Morgan fingerprint density at radius 2 is 2.29 bits per heavy atom. The van der Waals surface area contributed by atoms with E-state index in [1.54, 1.807) is 6.07 Å². The molecule has 0 N–H and O–H groups in total. The van der Waals surface area contributed by atoms with E-state index in [4.69, 9.17) is 4.52 Å². The summed E-state index contributed by atoms with van der Waals surface area (Å²) in [5, 5.41) is 4.07. The Bertz CT molecular complexity index is 550. The van der Waals surface area contributed by atoms with Crippen LogP contribution in [0, 0.1) is 5.82 Å². The summed E-state index contributed by atoms with van der Waals surface area (Å²) in [6, 6.07) is 6.44. The number of nitrogens with zero attached hydrogens (tertiary/aromatic N) is 2. The third-order valence-electron chi connectivity index (χ3n) is 3.11. The number of likely N-dealkylation sites (N-methyl/N-ethyl adjacent to an activating group) is 1. The third-order valence-corrected chi connectivity index (χ3v) is 3.11. The maximum atomic E-state index is 13.2. The van der Waals surface area contributed by atoms with Crippen LogP contribution in [0.1, 0.15) is 11.3 Å². The minimum Gasteiger partial charge on any atom is -0.356 e. The highest BCUT2D eigenvalue weighted by Gasteiger charge is 2.22. The first-order valence-electron chi connectivity index (χ1n) is 5.66. The first-order chi connectivity index (χ1) is 8.24. The molecule has 0 aliphatic carbocycles. The molecule has 2 aromatic rings. The summed E-state index contributed by atoms with van der Waals surface area (Å²) in [7, 11) is 2.06. The number of hydrogen-bond acceptors (Lipinski definition) is 3. The molecule has 1 aromatic carbocycles. The molecular formula is C13H13FN2O. The predicted octanol–water partition coefficient (Wildman–Crippen LogP) is 2.47. The van der Waals surface area contributed by atoms with Gasteiger partial charge >= 0.3 is 0 Å². The Morgan fingerprint density at radius 3 is 3.12 bits per heavy atom. The molecule has 0 bridgehead atoms. The summed E-state index contributed by atoms with van der Waals surface area (Å²) in [5.74, 6) is 0.447. The van der Waals surface area contributed by atoms with Crippen LogP contribution in [0.25, 0.3) is 11.3 Å². The fraction of sp³-hybridized carbons (Fsp3) is 0.308. The van der Waals surface area contributed by atoms with Crippen molar-refractivity contribution in [3.63, 3.8) is 0 Å². The van der Waals surface area contributed by atoms with Gasteiger partial charge in [-0.25, -0.2) is 4.39 Å². The van der Waals surface area contributed by atoms with Gasteiger partial charge in [-0.15, -0.1) is 0 Å². The van der Waals surface area contributed by atoms with Crippen molar-refractivity contribution in [2.45, 2.75) is 13.0 Å². The van der Waals surface area contributed by atoms with Gasteiger partial charge < -0.3 is 9.42 Å². The van der Waals surface area contributed by atoms with Crippen molar-refractivity contribution in [2.75, 3.05) is 13.6 Å². The van der Waals surface area contributed by atoms with Gasteiger partial charge in [0.05, 0.1) is 5.69 Å². The monoisotopic (exact) mass is 232 g/mol. The molecule has 0 saturated carbocycles. The largest absolute Gasteiger partial charge is 0.356 e. The quantitative estimate of drug-likeness (QED) is 0.756. The molecule has 0 radical (unpaired) electrons. The van der Waals surface area contributed by atoms with Crippen LogP contribution in [0.4, 0.5) is 4.39 Å². The number of hydrogen-bond donors (Lipinski definition) is 0. The fourth-order valence-corrected chi connectivity index (χ4v) is 2.20. The number of fused-ring (bicyclic) bond motifs is 1. The molecular weight excluding hydrogens is 219 g/mol. The van der Waals surface area contributed by atoms with E-state index in [0.29, 0.717) is 5.76 Å². The lowest BCUT2D eigenvalue weighted by molar-refractivity contribution is 0.311. The van der Waals surface area contributed by atoms with Crippen molar-refractivity contribution in [1.82, 2.24) is 10.1 Å². The first kappa shape index (κ1) is 10.5. The zero-order valence-electron chi connectivity index (χ0n) is 9.61. The van der Waals surface area contributed by atoms with Gasteiger partial charge in [0.2, 0.25) is 0 Å². The highest BCUT2D eigenvalue weighted by Crippen LogP contribution is 2.30. The second-order valence-electron chi connectivity index (χ2n) is 4.44. The van der Waals surface area contributed by atoms with Crippen molar-refractivity contribution in [2.24, 2.45) is 0 Å². The fourth-order valence-electron chi connectivity index (χ4n) is 2.20. The van der Waals surface area contributed by atoms with Gasteiger partial charge in [-0.05, 0) is 19.2 Å². The summed E-state index contributed by atoms with van der Waals surface area (Å²) in [6.45, 7) is 1.80. The minimum absolute atomic E-state index is 0.253. The summed E-state index contributed by atoms with van der Waals surface area (Å²) in [5.41, 5.74) is 2.85. The Labute approximate surface area is 98.8 Å². The van der Waals surface area contributed by atoms with Crippen LogP contribution in [0.5, 0.6) is 0 Å². The molecule has 17 heavy (non-hydrogen) atoms. The molecule has 1 aromatic heterocycles. The molecule has 0 spiro atoms. The van der Waals surface area contributed by atoms with Crippen LogP contribution in [0.2, 0.25) is 0 Å². The Kier molecular flexibility index (Phi) is 2.44. The van der Waals surface area contributed by atoms with Gasteiger partial charge in [-0.1, -0.05) is 17.3 Å². The maximum absolute atomic E-state index is 13.2. The third kappa shape index (κ3) is 1.85. The number of halogens is 1. The smallest absolute Gasteiger partial charge is 0.171 e. The Morgan fingerprint density at radius 1 is 1.41 bits per heavy atom. The van der Waals surface area contributed by atoms with E-state index < -0.39 is 0 Å². The highest BCUT2D eigenvalue weighted by molar-refractivity contribution is 5.62. The number of benzene rings is 1. The molecule has 0 unspecified atom stereocenters. The Hall–Kier alpha value is -1.68. The van der Waals surface area contributed by atoms with E-state index in [-0.39, 0.29) is 5.82 Å². The maximum Gasteiger partial charge on any atom is 0.171 e. The number of rotatable bonds is 1. The molecule has 1 aliphatic heterocycles. The van der Waals surface area contributed by atoms with Gasteiger partial charge in [0.25, 0.3) is 0 Å². The second kappa shape index (κ2) is 3.96. The molecule has 0 saturated heterocycles. The summed E-state index contributed by atoms with van der Waals surface area (Å²) < 4.78 is 18.6. The van der Waals surface area contributed by atoms with Gasteiger partial charge in [0.15, 0.2) is 5.76 Å². The average Bonchev–Trinajstić information content (AvgIpc) is 2.71. The second-order valence-corrected chi connectivity index (χ2v) is 4.44. The van der Waals surface area contributed by atoms with Crippen molar-refractivity contribution in [3.8, 4) is 11.3 Å². The topological polar surface area (TPSA) is 29.3 Å². The molecule has 4 heteroatoms. The molecule has 2 heterocycles. The van der Waals surface area contributed by atoms with Crippen molar-refractivity contribution in [3.05, 3.63) is 41.3 Å². The van der Waals surface area contributed by atoms with Crippen LogP contribution < -0.4 is 0 Å². The molecule has 0 atom stereocenters. The van der Waals surface area contributed by atoms with Gasteiger partial charge in [-0.3, -0.25) is 0 Å². The van der Waals surface area contributed by atoms with Crippen LogP contribution >= 0.6 is 0 Å². The van der Waals surface area contributed by atoms with Crippen LogP contribution in [-0.4, -0.2) is 23.6 Å². The SMILES string of the molecule is CN1CCc2noc(-c3cccc(F)c3)c2C1. The molecule has 0 amide bonds. The van der Waals surface area contributed by atoms with Crippen molar-refractivity contribution in [1.29, 1.82) is 0 Å². The summed E-state index contributed by atoms with van der Waals surface area (Å²) >= 11 is 0. The predicted molar refractivity (Wildman–Crippen MR) is 61.9 cm³/mol.